The van der Waals surface area contributed by atoms with E-state index in [4.69, 9.17) is 23.2 Å². The van der Waals surface area contributed by atoms with Gasteiger partial charge in [-0.2, -0.15) is 0 Å². The topological polar surface area (TPSA) is 92.6 Å². The zero-order valence-corrected chi connectivity index (χ0v) is 14.8. The first-order chi connectivity index (χ1) is 12.4. The fraction of sp³-hybridized carbons (Fsp3) is 0.176. The Morgan fingerprint density at radius 1 is 1.19 bits per heavy atom. The number of anilines is 2. The molecular weight excluding hydrogens is 381 g/mol. The number of nitrogens with one attached hydrogen (secondary N) is 1. The lowest BCUT2D eigenvalue weighted by Gasteiger charge is -2.16. The molecule has 1 aliphatic heterocycles. The minimum atomic E-state index is -0.562. The van der Waals surface area contributed by atoms with Crippen LogP contribution in [0.3, 0.4) is 0 Å². The highest BCUT2D eigenvalue weighted by Crippen LogP contribution is 2.31. The minimum absolute atomic E-state index is 0.0427. The molecule has 1 fully saturated rings. The predicted molar refractivity (Wildman–Crippen MR) is 98.6 cm³/mol. The summed E-state index contributed by atoms with van der Waals surface area (Å²) in [6, 6.07) is 10.5. The maximum atomic E-state index is 12.5. The third kappa shape index (κ3) is 3.63. The van der Waals surface area contributed by atoms with E-state index in [0.29, 0.717) is 16.4 Å². The number of carbonyl (C=O) groups is 2. The van der Waals surface area contributed by atoms with Crippen molar-refractivity contribution in [1.29, 1.82) is 0 Å². The van der Waals surface area contributed by atoms with Gasteiger partial charge in [-0.3, -0.25) is 19.7 Å². The predicted octanol–water partition coefficient (Wildman–Crippen LogP) is 3.89. The van der Waals surface area contributed by atoms with Gasteiger partial charge in [-0.05, 0) is 24.3 Å². The van der Waals surface area contributed by atoms with Gasteiger partial charge in [0.1, 0.15) is 0 Å². The Labute approximate surface area is 158 Å². The average molecular weight is 394 g/mol. The SMILES string of the molecule is O=C(Nc1cccc(Cl)c1Cl)[C@H]1CC(=O)N(c2ccc([N+](=O)[O-])cc2)C1. The number of halogens is 2. The van der Waals surface area contributed by atoms with Crippen molar-refractivity contribution in [2.75, 3.05) is 16.8 Å². The number of carbonyl (C=O) groups excluding carboxylic acids is 2. The molecule has 2 aromatic rings. The number of hydrogen-bond donors (Lipinski definition) is 1. The van der Waals surface area contributed by atoms with Gasteiger partial charge in [-0.1, -0.05) is 29.3 Å². The van der Waals surface area contributed by atoms with Crippen LogP contribution in [0.15, 0.2) is 42.5 Å². The lowest BCUT2D eigenvalue weighted by molar-refractivity contribution is -0.384. The highest BCUT2D eigenvalue weighted by Gasteiger charge is 2.35. The summed E-state index contributed by atoms with van der Waals surface area (Å²) in [4.78, 5) is 36.4. The first-order valence-corrected chi connectivity index (χ1v) is 8.42. The first-order valence-electron chi connectivity index (χ1n) is 7.66. The zero-order chi connectivity index (χ0) is 18.8. The van der Waals surface area contributed by atoms with Crippen LogP contribution in [0, 0.1) is 16.0 Å². The number of hydrogen-bond acceptors (Lipinski definition) is 4. The van der Waals surface area contributed by atoms with Gasteiger partial charge in [-0.15, -0.1) is 0 Å². The highest BCUT2D eigenvalue weighted by atomic mass is 35.5. The molecule has 0 aliphatic carbocycles. The van der Waals surface area contributed by atoms with Crippen LogP contribution in [0.25, 0.3) is 0 Å². The summed E-state index contributed by atoms with van der Waals surface area (Å²) in [6.07, 6.45) is 0.0427. The van der Waals surface area contributed by atoms with Crippen molar-refractivity contribution in [3.63, 3.8) is 0 Å². The molecule has 0 bridgehead atoms. The van der Waals surface area contributed by atoms with Crippen LogP contribution >= 0.6 is 23.2 Å². The van der Waals surface area contributed by atoms with E-state index in [1.165, 1.54) is 29.2 Å². The molecule has 1 atom stereocenters. The van der Waals surface area contributed by atoms with Crippen molar-refractivity contribution in [3.05, 3.63) is 62.6 Å². The Bertz CT molecular complexity index is 886. The Balaban J connectivity index is 1.71. The monoisotopic (exact) mass is 393 g/mol. The van der Waals surface area contributed by atoms with Gasteiger partial charge in [-0.25, -0.2) is 0 Å². The summed E-state index contributed by atoms with van der Waals surface area (Å²) in [6.45, 7) is 0.181. The molecule has 0 saturated carbocycles. The van der Waals surface area contributed by atoms with E-state index < -0.39 is 10.8 Å². The van der Waals surface area contributed by atoms with Gasteiger partial charge < -0.3 is 10.2 Å². The van der Waals surface area contributed by atoms with Crippen LogP contribution in [0.5, 0.6) is 0 Å². The Morgan fingerprint density at radius 3 is 2.54 bits per heavy atom. The largest absolute Gasteiger partial charge is 0.324 e. The van der Waals surface area contributed by atoms with E-state index in [2.05, 4.69) is 5.32 Å². The number of non-ortho nitro benzene ring substituents is 1. The van der Waals surface area contributed by atoms with Gasteiger partial charge >= 0.3 is 0 Å². The van der Waals surface area contributed by atoms with Crippen LogP contribution in [-0.4, -0.2) is 23.3 Å². The van der Waals surface area contributed by atoms with Crippen LogP contribution in [0.4, 0.5) is 17.1 Å². The Hall–Kier alpha value is -2.64. The average Bonchev–Trinajstić information content (AvgIpc) is 3.01. The van der Waals surface area contributed by atoms with Crippen molar-refractivity contribution in [2.24, 2.45) is 5.92 Å². The number of nitro groups is 1. The first kappa shape index (κ1) is 18.2. The molecule has 0 aromatic heterocycles. The molecular formula is C17H13Cl2N3O4. The Morgan fingerprint density at radius 2 is 1.88 bits per heavy atom. The molecule has 9 heteroatoms. The number of benzene rings is 2. The lowest BCUT2D eigenvalue weighted by Crippen LogP contribution is -2.28. The van der Waals surface area contributed by atoms with E-state index in [-0.39, 0.29) is 35.5 Å². The molecule has 2 amide bonds. The summed E-state index contributed by atoms with van der Waals surface area (Å²) in [5, 5.41) is 14.0. The molecule has 1 N–H and O–H groups in total. The molecule has 0 unspecified atom stereocenters. The number of amides is 2. The molecule has 7 nitrogen and oxygen atoms in total. The second kappa shape index (κ2) is 7.31. The fourth-order valence-electron chi connectivity index (χ4n) is 2.72. The fourth-order valence-corrected chi connectivity index (χ4v) is 3.07. The molecule has 26 heavy (non-hydrogen) atoms. The minimum Gasteiger partial charge on any atom is -0.324 e. The quantitative estimate of drug-likeness (QED) is 0.629. The second-order valence-electron chi connectivity index (χ2n) is 5.77. The van der Waals surface area contributed by atoms with E-state index >= 15 is 0 Å². The Kier molecular flexibility index (Phi) is 5.11. The van der Waals surface area contributed by atoms with Gasteiger partial charge in [0, 0.05) is 30.8 Å². The van der Waals surface area contributed by atoms with Gasteiger partial charge in [0.2, 0.25) is 11.8 Å². The summed E-state index contributed by atoms with van der Waals surface area (Å²) >= 11 is 12.0. The molecule has 1 aliphatic rings. The lowest BCUT2D eigenvalue weighted by atomic mass is 10.1. The number of nitro benzene ring substituents is 1. The third-order valence-corrected chi connectivity index (χ3v) is 4.90. The second-order valence-corrected chi connectivity index (χ2v) is 6.55. The van der Waals surface area contributed by atoms with Crippen molar-refractivity contribution in [3.8, 4) is 0 Å². The van der Waals surface area contributed by atoms with Gasteiger partial charge in [0.15, 0.2) is 0 Å². The molecule has 1 heterocycles. The summed E-state index contributed by atoms with van der Waals surface area (Å²) < 4.78 is 0. The normalized spacial score (nSPS) is 16.6. The summed E-state index contributed by atoms with van der Waals surface area (Å²) in [7, 11) is 0. The van der Waals surface area contributed by atoms with E-state index in [1.807, 2.05) is 0 Å². The van der Waals surface area contributed by atoms with Crippen LogP contribution in [-0.2, 0) is 9.59 Å². The third-order valence-electron chi connectivity index (χ3n) is 4.08. The van der Waals surface area contributed by atoms with Crippen molar-refractivity contribution in [2.45, 2.75) is 6.42 Å². The van der Waals surface area contributed by atoms with Gasteiger partial charge in [0.05, 0.1) is 26.6 Å². The van der Waals surface area contributed by atoms with Crippen molar-refractivity contribution < 1.29 is 14.5 Å². The highest BCUT2D eigenvalue weighted by molar-refractivity contribution is 6.44. The molecule has 2 aromatic carbocycles. The smallest absolute Gasteiger partial charge is 0.269 e. The maximum Gasteiger partial charge on any atom is 0.269 e. The van der Waals surface area contributed by atoms with E-state index in [1.54, 1.807) is 18.2 Å². The van der Waals surface area contributed by atoms with Crippen LogP contribution < -0.4 is 10.2 Å². The van der Waals surface area contributed by atoms with Crippen molar-refractivity contribution >= 4 is 52.1 Å². The van der Waals surface area contributed by atoms with Crippen LogP contribution in [0.1, 0.15) is 6.42 Å². The number of nitrogens with zero attached hydrogens (tertiary/aromatic N) is 2. The summed E-state index contributed by atoms with van der Waals surface area (Å²) in [5.74, 6) is -1.13. The molecule has 0 radical (unpaired) electrons. The van der Waals surface area contributed by atoms with E-state index in [9.17, 15) is 19.7 Å². The standard InChI is InChI=1S/C17H13Cl2N3O4/c18-13-2-1-3-14(16(13)19)20-17(24)10-8-15(23)21(9-10)11-4-6-12(7-5-11)22(25)26/h1-7,10H,8-9H2,(H,20,24)/t10-/m0/s1. The van der Waals surface area contributed by atoms with Crippen molar-refractivity contribution in [1.82, 2.24) is 0 Å². The van der Waals surface area contributed by atoms with E-state index in [0.717, 1.165) is 0 Å². The molecule has 134 valence electrons. The van der Waals surface area contributed by atoms with Crippen LogP contribution in [0.2, 0.25) is 10.0 Å². The molecule has 0 spiro atoms. The molecule has 1 saturated heterocycles. The zero-order valence-electron chi connectivity index (χ0n) is 13.3. The summed E-state index contributed by atoms with van der Waals surface area (Å²) in [5.41, 5.74) is 0.826. The maximum absolute atomic E-state index is 12.5. The van der Waals surface area contributed by atoms with Gasteiger partial charge in [0.25, 0.3) is 5.69 Å². The molecule has 3 rings (SSSR count). The number of rotatable bonds is 4.